The molecule has 2 unspecified atom stereocenters. The van der Waals surface area contributed by atoms with Crippen molar-refractivity contribution in [3.63, 3.8) is 0 Å². The Balaban J connectivity index is 2.20. The van der Waals surface area contributed by atoms with Crippen LogP contribution in [0.25, 0.3) is 0 Å². The molecule has 0 aromatic heterocycles. The zero-order chi connectivity index (χ0) is 8.97. The molecule has 1 rings (SSSR count). The molecule has 1 aliphatic heterocycles. The molecule has 0 bridgehead atoms. The Hall–Kier alpha value is -0.0800. The van der Waals surface area contributed by atoms with E-state index in [-0.39, 0.29) is 0 Å². The van der Waals surface area contributed by atoms with Crippen LogP contribution in [-0.4, -0.2) is 37.6 Å². The van der Waals surface area contributed by atoms with E-state index < -0.39 is 0 Å². The average molecular weight is 170 g/mol. The van der Waals surface area contributed by atoms with Crippen molar-refractivity contribution in [1.29, 1.82) is 0 Å². The van der Waals surface area contributed by atoms with Crippen LogP contribution in [0.3, 0.4) is 0 Å². The quantitative estimate of drug-likeness (QED) is 0.684. The highest BCUT2D eigenvalue weighted by Gasteiger charge is 2.21. The van der Waals surface area contributed by atoms with E-state index in [0.717, 1.165) is 18.5 Å². The second-order valence-electron chi connectivity index (χ2n) is 4.15. The maximum absolute atomic E-state index is 3.23. The summed E-state index contributed by atoms with van der Waals surface area (Å²) < 4.78 is 0. The summed E-state index contributed by atoms with van der Waals surface area (Å²) in [6.07, 6.45) is 2.79. The van der Waals surface area contributed by atoms with Crippen molar-refractivity contribution in [3.05, 3.63) is 0 Å². The van der Waals surface area contributed by atoms with E-state index >= 15 is 0 Å². The highest BCUT2D eigenvalue weighted by molar-refractivity contribution is 4.76. The molecule has 0 aliphatic carbocycles. The summed E-state index contributed by atoms with van der Waals surface area (Å²) in [5.41, 5.74) is 0. The van der Waals surface area contributed by atoms with Gasteiger partial charge >= 0.3 is 0 Å². The predicted molar refractivity (Wildman–Crippen MR) is 53.4 cm³/mol. The molecule has 1 heterocycles. The molecule has 0 radical (unpaired) electrons. The van der Waals surface area contributed by atoms with Crippen LogP contribution in [0.5, 0.6) is 0 Å². The molecule has 0 spiro atoms. The van der Waals surface area contributed by atoms with Gasteiger partial charge in [-0.15, -0.1) is 0 Å². The van der Waals surface area contributed by atoms with Crippen LogP contribution in [0.4, 0.5) is 0 Å². The highest BCUT2D eigenvalue weighted by atomic mass is 15.2. The van der Waals surface area contributed by atoms with Gasteiger partial charge < -0.3 is 10.2 Å². The van der Waals surface area contributed by atoms with E-state index in [2.05, 4.69) is 24.1 Å². The summed E-state index contributed by atoms with van der Waals surface area (Å²) in [6, 6.07) is 0.823. The van der Waals surface area contributed by atoms with Crippen molar-refractivity contribution in [2.75, 3.05) is 26.7 Å². The van der Waals surface area contributed by atoms with E-state index in [9.17, 15) is 0 Å². The molecule has 0 aromatic rings. The molecular formula is C10H22N2. The predicted octanol–water partition coefficient (Wildman–Crippen LogP) is 1.33. The normalized spacial score (nSPS) is 27.8. The first-order valence-electron chi connectivity index (χ1n) is 5.12. The molecule has 1 aliphatic rings. The van der Waals surface area contributed by atoms with Gasteiger partial charge in [0, 0.05) is 12.6 Å². The zero-order valence-electron chi connectivity index (χ0n) is 8.64. The lowest BCUT2D eigenvalue weighted by atomic mass is 10.1. The first-order valence-corrected chi connectivity index (χ1v) is 5.12. The third-order valence-electron chi connectivity index (χ3n) is 2.79. The van der Waals surface area contributed by atoms with Crippen molar-refractivity contribution in [2.24, 2.45) is 5.92 Å². The topological polar surface area (TPSA) is 15.3 Å². The van der Waals surface area contributed by atoms with Crippen LogP contribution in [0.15, 0.2) is 0 Å². The average Bonchev–Trinajstić information content (AvgIpc) is 2.37. The summed E-state index contributed by atoms with van der Waals surface area (Å²) in [7, 11) is 2.03. The fourth-order valence-electron chi connectivity index (χ4n) is 2.08. The molecule has 2 heteroatoms. The Morgan fingerprint density at radius 3 is 2.83 bits per heavy atom. The number of likely N-dealkylation sites (tertiary alicyclic amines) is 1. The third kappa shape index (κ3) is 2.76. The minimum atomic E-state index is 0.788. The van der Waals surface area contributed by atoms with Gasteiger partial charge in [0.1, 0.15) is 0 Å². The SMILES string of the molecule is CNCC(C)CN1CCCC1C. The molecule has 0 saturated carbocycles. The number of nitrogens with zero attached hydrogens (tertiary/aromatic N) is 1. The number of rotatable bonds is 4. The second kappa shape index (κ2) is 4.83. The lowest BCUT2D eigenvalue weighted by Crippen LogP contribution is -2.34. The van der Waals surface area contributed by atoms with Crippen LogP contribution < -0.4 is 5.32 Å². The van der Waals surface area contributed by atoms with Gasteiger partial charge in [-0.25, -0.2) is 0 Å². The molecule has 1 N–H and O–H groups in total. The van der Waals surface area contributed by atoms with Crippen molar-refractivity contribution < 1.29 is 0 Å². The minimum Gasteiger partial charge on any atom is -0.319 e. The largest absolute Gasteiger partial charge is 0.319 e. The van der Waals surface area contributed by atoms with Crippen molar-refractivity contribution in [2.45, 2.75) is 32.7 Å². The number of nitrogens with one attached hydrogen (secondary N) is 1. The van der Waals surface area contributed by atoms with E-state index in [1.807, 2.05) is 7.05 Å². The van der Waals surface area contributed by atoms with Gasteiger partial charge in [0.05, 0.1) is 0 Å². The first-order chi connectivity index (χ1) is 5.74. The number of hydrogen-bond donors (Lipinski definition) is 1. The van der Waals surface area contributed by atoms with Gasteiger partial charge in [-0.05, 0) is 45.8 Å². The lowest BCUT2D eigenvalue weighted by molar-refractivity contribution is 0.231. The lowest BCUT2D eigenvalue weighted by Gasteiger charge is -2.24. The monoisotopic (exact) mass is 170 g/mol. The zero-order valence-corrected chi connectivity index (χ0v) is 8.64. The molecule has 2 nitrogen and oxygen atoms in total. The van der Waals surface area contributed by atoms with E-state index in [1.165, 1.54) is 25.9 Å². The smallest absolute Gasteiger partial charge is 0.00675 e. The Labute approximate surface area is 76.3 Å². The fraction of sp³-hybridized carbons (Fsp3) is 1.00. The van der Waals surface area contributed by atoms with Crippen molar-refractivity contribution in [3.8, 4) is 0 Å². The van der Waals surface area contributed by atoms with Gasteiger partial charge in [-0.1, -0.05) is 6.92 Å². The fourth-order valence-corrected chi connectivity index (χ4v) is 2.08. The molecule has 1 fully saturated rings. The van der Waals surface area contributed by atoms with Gasteiger partial charge in [-0.2, -0.15) is 0 Å². The van der Waals surface area contributed by atoms with Crippen molar-refractivity contribution in [1.82, 2.24) is 10.2 Å². The van der Waals surface area contributed by atoms with Crippen LogP contribution in [0, 0.1) is 5.92 Å². The van der Waals surface area contributed by atoms with Crippen molar-refractivity contribution >= 4 is 0 Å². The van der Waals surface area contributed by atoms with Gasteiger partial charge in [0.25, 0.3) is 0 Å². The molecule has 1 saturated heterocycles. The highest BCUT2D eigenvalue weighted by Crippen LogP contribution is 2.17. The summed E-state index contributed by atoms with van der Waals surface area (Å²) in [4.78, 5) is 2.61. The van der Waals surface area contributed by atoms with Crippen LogP contribution in [0.1, 0.15) is 26.7 Å². The molecule has 12 heavy (non-hydrogen) atoms. The first kappa shape index (κ1) is 10.0. The maximum atomic E-state index is 3.23. The summed E-state index contributed by atoms with van der Waals surface area (Å²) in [5.74, 6) is 0.788. The summed E-state index contributed by atoms with van der Waals surface area (Å²) >= 11 is 0. The Morgan fingerprint density at radius 2 is 2.33 bits per heavy atom. The van der Waals surface area contributed by atoms with Gasteiger partial charge in [0.15, 0.2) is 0 Å². The van der Waals surface area contributed by atoms with E-state index in [4.69, 9.17) is 0 Å². The summed E-state index contributed by atoms with van der Waals surface area (Å²) in [6.45, 7) is 8.39. The Bertz CT molecular complexity index is 125. The van der Waals surface area contributed by atoms with E-state index in [0.29, 0.717) is 0 Å². The molecular weight excluding hydrogens is 148 g/mol. The van der Waals surface area contributed by atoms with E-state index in [1.54, 1.807) is 0 Å². The van der Waals surface area contributed by atoms with Gasteiger partial charge in [-0.3, -0.25) is 0 Å². The summed E-state index contributed by atoms with van der Waals surface area (Å²) in [5, 5.41) is 3.23. The Kier molecular flexibility index (Phi) is 4.02. The second-order valence-corrected chi connectivity index (χ2v) is 4.15. The maximum Gasteiger partial charge on any atom is 0.00675 e. The molecule has 72 valence electrons. The van der Waals surface area contributed by atoms with Crippen LogP contribution >= 0.6 is 0 Å². The molecule has 0 aromatic carbocycles. The number of hydrogen-bond acceptors (Lipinski definition) is 2. The van der Waals surface area contributed by atoms with Crippen LogP contribution in [0.2, 0.25) is 0 Å². The minimum absolute atomic E-state index is 0.788. The standard InChI is InChI=1S/C10H22N2/c1-9(7-11-3)8-12-6-4-5-10(12)2/h9-11H,4-8H2,1-3H3. The van der Waals surface area contributed by atoms with Crippen LogP contribution in [-0.2, 0) is 0 Å². The Morgan fingerprint density at radius 1 is 1.58 bits per heavy atom. The van der Waals surface area contributed by atoms with Gasteiger partial charge in [0.2, 0.25) is 0 Å². The third-order valence-corrected chi connectivity index (χ3v) is 2.79. The molecule has 2 atom stereocenters. The molecule has 0 amide bonds.